The van der Waals surface area contributed by atoms with Crippen LogP contribution in [0.15, 0.2) is 12.2 Å². The molecule has 8 unspecified atom stereocenters. The molecular formula is C28H51FN3O6P. The van der Waals surface area contributed by atoms with Crippen LogP contribution < -0.4 is 5.32 Å². The van der Waals surface area contributed by atoms with E-state index in [1.165, 1.54) is 0 Å². The van der Waals surface area contributed by atoms with Crippen LogP contribution in [0.25, 0.3) is 0 Å². The summed E-state index contributed by atoms with van der Waals surface area (Å²) in [6.07, 6.45) is 6.07. The summed E-state index contributed by atoms with van der Waals surface area (Å²) in [5, 5.41) is 14.8. The van der Waals surface area contributed by atoms with Crippen molar-refractivity contribution in [1.82, 2.24) is 15.1 Å². The minimum absolute atomic E-state index is 0.0296. The average Bonchev–Trinajstić information content (AvgIpc) is 3.24. The second-order valence-corrected chi connectivity index (χ2v) is 14.5. The number of nitrogens with one attached hydrogen (secondary N) is 1. The standard InChI is InChI=1S/C28H51FN3O6P/c1-5-37-39(35-4,38-6-2)15-13-30-19-36-18-24-22-8-7-14-31(3)26(22)27(33)25-23(24)17-32(28(25)34)16-20-9-11-21(29)12-10-20/h9,11,20-27,30,33,39H,5-8,10,12-19H2,1-4H3. The Morgan fingerprint density at radius 3 is 2.59 bits per heavy atom. The number of nitrogens with zero attached hydrogens (tertiary/aromatic N) is 2. The van der Waals surface area contributed by atoms with Crippen LogP contribution in [0.1, 0.15) is 39.5 Å². The van der Waals surface area contributed by atoms with Crippen LogP contribution in [0, 0.1) is 29.6 Å². The van der Waals surface area contributed by atoms with E-state index < -0.39 is 26.1 Å². The number of allylic oxidation sites excluding steroid dienone is 1. The Morgan fingerprint density at radius 1 is 1.15 bits per heavy atom. The molecule has 2 aliphatic carbocycles. The topological polar surface area (TPSA) is 92.7 Å². The van der Waals surface area contributed by atoms with Crippen molar-refractivity contribution < 1.29 is 32.6 Å². The Labute approximate surface area is 234 Å². The molecule has 3 fully saturated rings. The van der Waals surface area contributed by atoms with E-state index >= 15 is 0 Å². The quantitative estimate of drug-likeness (QED) is 0.141. The summed E-state index contributed by atoms with van der Waals surface area (Å²) in [6, 6.07) is -0.0296. The summed E-state index contributed by atoms with van der Waals surface area (Å²) in [5.41, 5.74) is 0. The number of hydrogen-bond acceptors (Lipinski definition) is 8. The number of alkyl halides is 1. The third-order valence-corrected chi connectivity index (χ3v) is 12.3. The van der Waals surface area contributed by atoms with Crippen molar-refractivity contribution in [2.24, 2.45) is 29.6 Å². The van der Waals surface area contributed by atoms with Crippen molar-refractivity contribution in [1.29, 1.82) is 0 Å². The second kappa shape index (κ2) is 14.5. The third kappa shape index (κ3) is 7.20. The Balaban J connectivity index is 1.37. The van der Waals surface area contributed by atoms with E-state index in [-0.39, 0.29) is 29.7 Å². The molecule has 0 bridgehead atoms. The molecular weight excluding hydrogens is 524 g/mol. The predicted octanol–water partition coefficient (Wildman–Crippen LogP) is 2.84. The fraction of sp³-hybridized carbons (Fsp3) is 0.893. The van der Waals surface area contributed by atoms with Gasteiger partial charge in [0, 0.05) is 0 Å². The first-order valence-electron chi connectivity index (χ1n) is 14.9. The van der Waals surface area contributed by atoms with Gasteiger partial charge in [-0.15, -0.1) is 0 Å². The molecule has 2 heterocycles. The van der Waals surface area contributed by atoms with Gasteiger partial charge in [-0.25, -0.2) is 4.39 Å². The first-order chi connectivity index (χ1) is 18.8. The first kappa shape index (κ1) is 31.2. The van der Waals surface area contributed by atoms with Crippen LogP contribution in [0.4, 0.5) is 4.39 Å². The van der Waals surface area contributed by atoms with E-state index in [0.29, 0.717) is 64.7 Å². The van der Waals surface area contributed by atoms with Crippen molar-refractivity contribution in [2.75, 3.05) is 73.0 Å². The van der Waals surface area contributed by atoms with Gasteiger partial charge in [-0.3, -0.25) is 0 Å². The Kier molecular flexibility index (Phi) is 11.6. The molecule has 1 saturated carbocycles. The SMILES string of the molecule is CCO[PH](CCNCOCC1C2CN(CC3C=CC(F)CC3)C(=O)C2C(O)C2C1CCCN2C)(OC)OCC. The Morgan fingerprint density at radius 2 is 1.92 bits per heavy atom. The minimum atomic E-state index is -2.68. The number of piperidine rings is 1. The van der Waals surface area contributed by atoms with Gasteiger partial charge in [0.05, 0.1) is 0 Å². The summed E-state index contributed by atoms with van der Waals surface area (Å²) < 4.78 is 37.2. The number of carbonyl (C=O) groups is 1. The molecule has 2 aliphatic heterocycles. The van der Waals surface area contributed by atoms with Gasteiger partial charge in [0.15, 0.2) is 0 Å². The molecule has 4 aliphatic rings. The molecule has 0 spiro atoms. The molecule has 226 valence electrons. The van der Waals surface area contributed by atoms with Gasteiger partial charge in [-0.05, 0) is 12.8 Å². The summed E-state index contributed by atoms with van der Waals surface area (Å²) in [6.45, 7) is 8.77. The van der Waals surface area contributed by atoms with Gasteiger partial charge in [0.2, 0.25) is 0 Å². The van der Waals surface area contributed by atoms with Crippen molar-refractivity contribution >= 4 is 13.9 Å². The zero-order valence-corrected chi connectivity index (χ0v) is 25.2. The Hall–Kier alpha value is -0.710. The first-order valence-corrected chi connectivity index (χ1v) is 16.9. The van der Waals surface area contributed by atoms with Gasteiger partial charge in [0.1, 0.15) is 6.17 Å². The molecule has 0 aromatic rings. The van der Waals surface area contributed by atoms with Crippen molar-refractivity contribution in [2.45, 2.75) is 57.8 Å². The van der Waals surface area contributed by atoms with Gasteiger partial charge in [-0.1, -0.05) is 12.2 Å². The van der Waals surface area contributed by atoms with Gasteiger partial charge in [-0.2, -0.15) is 0 Å². The second-order valence-electron chi connectivity index (χ2n) is 11.6. The molecule has 0 aromatic heterocycles. The maximum atomic E-state index is 13.6. The van der Waals surface area contributed by atoms with Gasteiger partial charge >= 0.3 is 199 Å². The zero-order valence-electron chi connectivity index (χ0n) is 24.2. The number of aliphatic hydroxyl groups excluding tert-OH is 1. The molecule has 0 radical (unpaired) electrons. The number of ether oxygens (including phenoxy) is 1. The van der Waals surface area contributed by atoms with Crippen LogP contribution in [0.3, 0.4) is 0 Å². The molecule has 4 rings (SSSR count). The number of carbonyl (C=O) groups excluding carboxylic acids is 1. The third-order valence-electron chi connectivity index (χ3n) is 9.33. The number of halogens is 1. The van der Waals surface area contributed by atoms with Crippen molar-refractivity contribution in [3.63, 3.8) is 0 Å². The van der Waals surface area contributed by atoms with Gasteiger partial charge in [0.25, 0.3) is 0 Å². The number of fused-ring (bicyclic) bond motifs is 2. The summed E-state index contributed by atoms with van der Waals surface area (Å²) in [5.74, 6) is 0.374. The normalized spacial score (nSPS) is 35.7. The molecule has 2 saturated heterocycles. The Bertz CT molecular complexity index is 818. The number of likely N-dealkylation sites (tertiary alicyclic amines) is 2. The van der Waals surface area contributed by atoms with E-state index in [4.69, 9.17) is 18.3 Å². The number of amides is 1. The molecule has 0 aromatic carbocycles. The number of aliphatic hydroxyl groups is 1. The van der Waals surface area contributed by atoms with E-state index in [9.17, 15) is 14.3 Å². The monoisotopic (exact) mass is 575 g/mol. The molecule has 2 N–H and O–H groups in total. The number of hydrogen-bond donors (Lipinski definition) is 2. The van der Waals surface area contributed by atoms with Crippen LogP contribution in [-0.4, -0.2) is 112 Å². The van der Waals surface area contributed by atoms with E-state index in [0.717, 1.165) is 25.8 Å². The van der Waals surface area contributed by atoms with Crippen molar-refractivity contribution in [3.05, 3.63) is 12.2 Å². The van der Waals surface area contributed by atoms with Gasteiger partial charge < -0.3 is 0 Å². The van der Waals surface area contributed by atoms with E-state index in [2.05, 4.69) is 17.3 Å². The zero-order chi connectivity index (χ0) is 28.0. The van der Waals surface area contributed by atoms with Crippen LogP contribution >= 0.6 is 7.94 Å². The summed E-state index contributed by atoms with van der Waals surface area (Å²) in [7, 11) is 1.04. The molecule has 1 amide bonds. The van der Waals surface area contributed by atoms with Crippen LogP contribution in [0.2, 0.25) is 0 Å². The van der Waals surface area contributed by atoms with Crippen molar-refractivity contribution in [3.8, 4) is 0 Å². The molecule has 11 heteroatoms. The van der Waals surface area contributed by atoms with Crippen LogP contribution in [-0.2, 0) is 23.1 Å². The van der Waals surface area contributed by atoms with E-state index in [1.54, 1.807) is 13.2 Å². The number of rotatable bonds is 14. The number of likely N-dealkylation sites (N-methyl/N-ethyl adjacent to an activating group) is 1. The molecule has 9 nitrogen and oxygen atoms in total. The van der Waals surface area contributed by atoms with E-state index in [1.807, 2.05) is 24.8 Å². The summed E-state index contributed by atoms with van der Waals surface area (Å²) >= 11 is 0. The fourth-order valence-corrected chi connectivity index (χ4v) is 9.68. The average molecular weight is 576 g/mol. The molecule has 39 heavy (non-hydrogen) atoms. The predicted molar refractivity (Wildman–Crippen MR) is 151 cm³/mol. The van der Waals surface area contributed by atoms with Crippen LogP contribution in [0.5, 0.6) is 0 Å². The molecule has 8 atom stereocenters. The maximum absolute atomic E-state index is 13.6. The summed E-state index contributed by atoms with van der Waals surface area (Å²) in [4.78, 5) is 17.8. The fourth-order valence-electron chi connectivity index (χ4n) is 7.50.